The Labute approximate surface area is 120 Å². The van der Waals surface area contributed by atoms with Gasteiger partial charge in [0.05, 0.1) is 33.8 Å². The van der Waals surface area contributed by atoms with Crippen LogP contribution in [0.2, 0.25) is 0 Å². The first-order valence-electron chi connectivity index (χ1n) is 6.06. The van der Waals surface area contributed by atoms with Gasteiger partial charge < -0.3 is 0 Å². The molecule has 0 aromatic carbocycles. The van der Waals surface area contributed by atoms with Crippen LogP contribution >= 0.6 is 15.9 Å². The molecule has 1 unspecified atom stereocenters. The highest BCUT2D eigenvalue weighted by molar-refractivity contribution is 9.10. The van der Waals surface area contributed by atoms with Crippen molar-refractivity contribution < 1.29 is 0 Å². The number of halogens is 1. The molecule has 0 fully saturated rings. The van der Waals surface area contributed by atoms with E-state index in [1.807, 2.05) is 31.5 Å². The molecular formula is C12H17BrN6. The van der Waals surface area contributed by atoms with Crippen LogP contribution in [0.1, 0.15) is 35.6 Å². The SMILES string of the molecule is CCn1ncc(Br)c1C(NN)c1cc(C)nnc1C. The van der Waals surface area contributed by atoms with Gasteiger partial charge in [0, 0.05) is 12.1 Å². The molecule has 2 rings (SSSR count). The summed E-state index contributed by atoms with van der Waals surface area (Å²) in [5, 5.41) is 12.5. The van der Waals surface area contributed by atoms with Gasteiger partial charge in [0.2, 0.25) is 0 Å². The zero-order valence-electron chi connectivity index (χ0n) is 11.2. The molecule has 0 saturated carbocycles. The molecule has 0 aliphatic heterocycles. The van der Waals surface area contributed by atoms with Gasteiger partial charge in [-0.1, -0.05) is 0 Å². The monoisotopic (exact) mass is 324 g/mol. The van der Waals surface area contributed by atoms with Crippen molar-refractivity contribution in [1.82, 2.24) is 25.4 Å². The molecule has 0 aliphatic carbocycles. The van der Waals surface area contributed by atoms with Crippen molar-refractivity contribution in [1.29, 1.82) is 0 Å². The number of nitrogens with two attached hydrogens (primary N) is 1. The molecule has 0 aliphatic rings. The number of rotatable bonds is 4. The predicted molar refractivity (Wildman–Crippen MR) is 76.3 cm³/mol. The van der Waals surface area contributed by atoms with E-state index in [1.165, 1.54) is 0 Å². The average molecular weight is 325 g/mol. The van der Waals surface area contributed by atoms with E-state index < -0.39 is 0 Å². The molecule has 102 valence electrons. The van der Waals surface area contributed by atoms with Gasteiger partial charge in [0.15, 0.2) is 0 Å². The minimum Gasteiger partial charge on any atom is -0.271 e. The average Bonchev–Trinajstić information content (AvgIpc) is 2.76. The van der Waals surface area contributed by atoms with E-state index in [9.17, 15) is 0 Å². The third-order valence-electron chi connectivity index (χ3n) is 3.02. The maximum Gasteiger partial charge on any atom is 0.0908 e. The van der Waals surface area contributed by atoms with Crippen molar-refractivity contribution in [2.45, 2.75) is 33.4 Å². The van der Waals surface area contributed by atoms with E-state index in [2.05, 4.69) is 36.7 Å². The molecule has 0 amide bonds. The van der Waals surface area contributed by atoms with Crippen LogP contribution in [0.4, 0.5) is 0 Å². The minimum atomic E-state index is -0.175. The van der Waals surface area contributed by atoms with Crippen molar-refractivity contribution >= 4 is 15.9 Å². The lowest BCUT2D eigenvalue weighted by Crippen LogP contribution is -2.32. The Morgan fingerprint density at radius 3 is 2.79 bits per heavy atom. The zero-order chi connectivity index (χ0) is 14.0. The van der Waals surface area contributed by atoms with E-state index in [-0.39, 0.29) is 6.04 Å². The number of aromatic nitrogens is 4. The topological polar surface area (TPSA) is 81.7 Å². The lowest BCUT2D eigenvalue weighted by atomic mass is 10.0. The van der Waals surface area contributed by atoms with Crippen LogP contribution in [0.3, 0.4) is 0 Å². The van der Waals surface area contributed by atoms with Crippen LogP contribution in [-0.4, -0.2) is 20.0 Å². The maximum atomic E-state index is 5.75. The molecule has 19 heavy (non-hydrogen) atoms. The summed E-state index contributed by atoms with van der Waals surface area (Å²) in [7, 11) is 0. The Balaban J connectivity index is 2.56. The summed E-state index contributed by atoms with van der Waals surface area (Å²) in [5.41, 5.74) is 6.55. The fourth-order valence-corrected chi connectivity index (χ4v) is 2.61. The van der Waals surface area contributed by atoms with Gasteiger partial charge in [-0.15, -0.1) is 0 Å². The summed E-state index contributed by atoms with van der Waals surface area (Å²) in [6, 6.07) is 1.82. The van der Waals surface area contributed by atoms with Gasteiger partial charge in [-0.25, -0.2) is 5.43 Å². The van der Waals surface area contributed by atoms with Crippen LogP contribution in [0, 0.1) is 13.8 Å². The molecule has 0 radical (unpaired) electrons. The fraction of sp³-hybridized carbons (Fsp3) is 0.417. The third-order valence-corrected chi connectivity index (χ3v) is 3.63. The van der Waals surface area contributed by atoms with Gasteiger partial charge in [-0.3, -0.25) is 10.5 Å². The van der Waals surface area contributed by atoms with Crippen LogP contribution in [0.25, 0.3) is 0 Å². The number of hydrogen-bond donors (Lipinski definition) is 2. The number of aryl methyl sites for hydroxylation is 3. The second-order valence-corrected chi connectivity index (χ2v) is 5.17. The third kappa shape index (κ3) is 2.68. The van der Waals surface area contributed by atoms with Gasteiger partial charge in [0.25, 0.3) is 0 Å². The van der Waals surface area contributed by atoms with E-state index >= 15 is 0 Å². The second-order valence-electron chi connectivity index (χ2n) is 4.32. The van der Waals surface area contributed by atoms with E-state index in [0.717, 1.165) is 33.7 Å². The Bertz CT molecular complexity index is 580. The summed E-state index contributed by atoms with van der Waals surface area (Å²) < 4.78 is 2.83. The number of hydrazine groups is 1. The van der Waals surface area contributed by atoms with Crippen LogP contribution in [0.5, 0.6) is 0 Å². The Morgan fingerprint density at radius 2 is 2.16 bits per heavy atom. The molecule has 1 atom stereocenters. The number of hydrogen-bond acceptors (Lipinski definition) is 5. The standard InChI is InChI=1S/C12H17BrN6/c1-4-19-12(10(13)6-15-19)11(16-14)9-5-7(2)17-18-8(9)3/h5-6,11,16H,4,14H2,1-3H3. The van der Waals surface area contributed by atoms with Gasteiger partial charge in [-0.05, 0) is 42.8 Å². The fourth-order valence-electron chi connectivity index (χ4n) is 2.09. The largest absolute Gasteiger partial charge is 0.271 e. The quantitative estimate of drug-likeness (QED) is 0.659. The maximum absolute atomic E-state index is 5.75. The first-order chi connectivity index (χ1) is 9.08. The second kappa shape index (κ2) is 5.77. The van der Waals surface area contributed by atoms with Crippen molar-refractivity contribution in [3.8, 4) is 0 Å². The molecule has 2 aromatic rings. The summed E-state index contributed by atoms with van der Waals surface area (Å²) in [6.45, 7) is 6.65. The molecule has 0 saturated heterocycles. The Morgan fingerprint density at radius 1 is 1.42 bits per heavy atom. The first-order valence-corrected chi connectivity index (χ1v) is 6.86. The molecule has 3 N–H and O–H groups in total. The Hall–Kier alpha value is -1.31. The molecule has 6 nitrogen and oxygen atoms in total. The summed E-state index contributed by atoms with van der Waals surface area (Å²) in [5.74, 6) is 5.75. The number of nitrogens with zero attached hydrogens (tertiary/aromatic N) is 4. The van der Waals surface area contributed by atoms with E-state index in [4.69, 9.17) is 5.84 Å². The van der Waals surface area contributed by atoms with Crippen molar-refractivity contribution in [3.05, 3.63) is 39.4 Å². The summed E-state index contributed by atoms with van der Waals surface area (Å²) >= 11 is 3.52. The van der Waals surface area contributed by atoms with Gasteiger partial charge >= 0.3 is 0 Å². The Kier molecular flexibility index (Phi) is 4.28. The van der Waals surface area contributed by atoms with Crippen LogP contribution < -0.4 is 11.3 Å². The zero-order valence-corrected chi connectivity index (χ0v) is 12.8. The van der Waals surface area contributed by atoms with Crippen molar-refractivity contribution in [2.24, 2.45) is 5.84 Å². The lowest BCUT2D eigenvalue weighted by molar-refractivity contribution is 0.537. The molecule has 2 aromatic heterocycles. The first kappa shape index (κ1) is 14.1. The molecular weight excluding hydrogens is 308 g/mol. The highest BCUT2D eigenvalue weighted by Gasteiger charge is 2.22. The van der Waals surface area contributed by atoms with E-state index in [1.54, 1.807) is 6.20 Å². The normalized spacial score (nSPS) is 12.7. The van der Waals surface area contributed by atoms with Gasteiger partial charge in [0.1, 0.15) is 0 Å². The lowest BCUT2D eigenvalue weighted by Gasteiger charge is -2.20. The minimum absolute atomic E-state index is 0.175. The number of nitrogens with one attached hydrogen (secondary N) is 1. The summed E-state index contributed by atoms with van der Waals surface area (Å²) in [4.78, 5) is 0. The van der Waals surface area contributed by atoms with Crippen molar-refractivity contribution in [2.75, 3.05) is 0 Å². The molecule has 2 heterocycles. The van der Waals surface area contributed by atoms with Crippen LogP contribution in [-0.2, 0) is 6.54 Å². The highest BCUT2D eigenvalue weighted by atomic mass is 79.9. The summed E-state index contributed by atoms with van der Waals surface area (Å²) in [6.07, 6.45) is 1.78. The molecule has 0 bridgehead atoms. The molecule has 7 heteroatoms. The molecule has 0 spiro atoms. The van der Waals surface area contributed by atoms with Crippen LogP contribution in [0.15, 0.2) is 16.7 Å². The smallest absolute Gasteiger partial charge is 0.0908 e. The van der Waals surface area contributed by atoms with Gasteiger partial charge in [-0.2, -0.15) is 15.3 Å². The van der Waals surface area contributed by atoms with Crippen molar-refractivity contribution in [3.63, 3.8) is 0 Å². The predicted octanol–water partition coefficient (Wildman–Crippen LogP) is 1.63. The highest BCUT2D eigenvalue weighted by Crippen LogP contribution is 2.29. The van der Waals surface area contributed by atoms with E-state index in [0.29, 0.717) is 0 Å².